The summed E-state index contributed by atoms with van der Waals surface area (Å²) in [7, 11) is 0. The van der Waals surface area contributed by atoms with Crippen LogP contribution < -0.4 is 0 Å². The second kappa shape index (κ2) is 3.12. The minimum Gasteiger partial charge on any atom is -0.0843 e. The van der Waals surface area contributed by atoms with Gasteiger partial charge in [0.15, 0.2) is 0 Å². The number of halogens is 2. The van der Waals surface area contributed by atoms with Crippen LogP contribution in [0.3, 0.4) is 0 Å². The van der Waals surface area contributed by atoms with E-state index in [1.54, 1.807) is 6.07 Å². The molecular weight excluding hydrogens is 191 g/mol. The van der Waals surface area contributed by atoms with Gasteiger partial charge in [0, 0.05) is 10.0 Å². The van der Waals surface area contributed by atoms with E-state index >= 15 is 0 Å². The minimum absolute atomic E-state index is 0.693. The van der Waals surface area contributed by atoms with E-state index in [1.807, 2.05) is 12.1 Å². The van der Waals surface area contributed by atoms with Crippen LogP contribution in [0.1, 0.15) is 18.4 Å². The maximum absolute atomic E-state index is 5.97. The van der Waals surface area contributed by atoms with E-state index in [-0.39, 0.29) is 0 Å². The third-order valence-corrected chi connectivity index (χ3v) is 2.42. The molecular formula is C10H8Cl2. The average molecular weight is 199 g/mol. The minimum atomic E-state index is 0.693. The fourth-order valence-electron chi connectivity index (χ4n) is 1.05. The molecule has 0 heterocycles. The number of hydrogen-bond donors (Lipinski definition) is 0. The Morgan fingerprint density at radius 3 is 2.50 bits per heavy atom. The zero-order valence-corrected chi connectivity index (χ0v) is 7.99. The molecule has 0 N–H and O–H groups in total. The number of benzene rings is 1. The van der Waals surface area contributed by atoms with Gasteiger partial charge in [-0.3, -0.25) is 0 Å². The zero-order chi connectivity index (χ0) is 8.55. The number of allylic oxidation sites excluding steroid dienone is 1. The normalized spacial score (nSPS) is 14.7. The topological polar surface area (TPSA) is 0 Å². The number of rotatable bonds is 1. The molecule has 1 saturated carbocycles. The van der Waals surface area contributed by atoms with Crippen molar-refractivity contribution in [1.82, 2.24) is 0 Å². The van der Waals surface area contributed by atoms with Gasteiger partial charge in [0.1, 0.15) is 0 Å². The molecule has 0 aromatic heterocycles. The molecule has 1 aromatic rings. The van der Waals surface area contributed by atoms with Gasteiger partial charge in [-0.05, 0) is 30.5 Å². The maximum atomic E-state index is 5.97. The van der Waals surface area contributed by atoms with Gasteiger partial charge < -0.3 is 0 Å². The van der Waals surface area contributed by atoms with Crippen LogP contribution >= 0.6 is 23.2 Å². The molecule has 1 aromatic carbocycles. The highest BCUT2D eigenvalue weighted by molar-refractivity contribution is 6.35. The van der Waals surface area contributed by atoms with Crippen molar-refractivity contribution in [2.75, 3.05) is 0 Å². The second-order valence-electron chi connectivity index (χ2n) is 2.97. The molecule has 0 amide bonds. The summed E-state index contributed by atoms with van der Waals surface area (Å²) in [5, 5.41) is 1.43. The lowest BCUT2D eigenvalue weighted by atomic mass is 10.2. The predicted octanol–water partition coefficient (Wildman–Crippen LogP) is 4.17. The molecule has 0 aliphatic heterocycles. The highest BCUT2D eigenvalue weighted by Crippen LogP contribution is 2.32. The quantitative estimate of drug-likeness (QED) is 0.636. The standard InChI is InChI=1S/C10H8Cl2/c11-9-4-3-8(10(12)6-9)5-7-1-2-7/h3-6H,1-2H2. The van der Waals surface area contributed by atoms with Gasteiger partial charge >= 0.3 is 0 Å². The summed E-state index contributed by atoms with van der Waals surface area (Å²) in [5.74, 6) is 0. The molecule has 0 spiro atoms. The molecule has 0 nitrogen and oxygen atoms in total. The Morgan fingerprint density at radius 1 is 1.17 bits per heavy atom. The van der Waals surface area contributed by atoms with Gasteiger partial charge in [0.05, 0.1) is 0 Å². The van der Waals surface area contributed by atoms with Gasteiger partial charge in [-0.2, -0.15) is 0 Å². The summed E-state index contributed by atoms with van der Waals surface area (Å²) < 4.78 is 0. The van der Waals surface area contributed by atoms with Gasteiger partial charge in [-0.25, -0.2) is 0 Å². The molecule has 2 rings (SSSR count). The average Bonchev–Trinajstić information content (AvgIpc) is 2.79. The van der Waals surface area contributed by atoms with Crippen molar-refractivity contribution in [3.63, 3.8) is 0 Å². The third kappa shape index (κ3) is 1.82. The van der Waals surface area contributed by atoms with Crippen LogP contribution in [0.2, 0.25) is 10.0 Å². The van der Waals surface area contributed by atoms with Crippen molar-refractivity contribution >= 4 is 29.3 Å². The van der Waals surface area contributed by atoms with Gasteiger partial charge in [-0.1, -0.05) is 40.9 Å². The van der Waals surface area contributed by atoms with Gasteiger partial charge in [-0.15, -0.1) is 0 Å². The fraction of sp³-hybridized carbons (Fsp3) is 0.200. The Morgan fingerprint density at radius 2 is 1.92 bits per heavy atom. The number of hydrogen-bond acceptors (Lipinski definition) is 0. The SMILES string of the molecule is Clc1ccc(C=C2CC2)c(Cl)c1. The molecule has 0 atom stereocenters. The van der Waals surface area contributed by atoms with Crippen LogP contribution in [0, 0.1) is 0 Å². The Bertz CT molecular complexity index is 334. The molecule has 1 aliphatic rings. The van der Waals surface area contributed by atoms with Crippen molar-refractivity contribution in [2.45, 2.75) is 12.8 Å². The first kappa shape index (κ1) is 8.15. The van der Waals surface area contributed by atoms with Crippen molar-refractivity contribution in [3.8, 4) is 0 Å². The van der Waals surface area contributed by atoms with E-state index in [0.29, 0.717) is 5.02 Å². The lowest BCUT2D eigenvalue weighted by Crippen LogP contribution is -1.74. The monoisotopic (exact) mass is 198 g/mol. The van der Waals surface area contributed by atoms with Crippen LogP contribution in [0.25, 0.3) is 6.08 Å². The van der Waals surface area contributed by atoms with Crippen molar-refractivity contribution in [1.29, 1.82) is 0 Å². The Balaban J connectivity index is 2.37. The summed E-state index contributed by atoms with van der Waals surface area (Å²) in [6, 6.07) is 5.59. The first-order valence-electron chi connectivity index (χ1n) is 3.90. The van der Waals surface area contributed by atoms with Crippen LogP contribution in [-0.4, -0.2) is 0 Å². The summed E-state index contributed by atoms with van der Waals surface area (Å²) in [4.78, 5) is 0. The first-order chi connectivity index (χ1) is 5.75. The molecule has 0 saturated heterocycles. The van der Waals surface area contributed by atoms with Crippen molar-refractivity contribution < 1.29 is 0 Å². The molecule has 62 valence electrons. The summed E-state index contributed by atoms with van der Waals surface area (Å²) in [6.07, 6.45) is 4.58. The zero-order valence-electron chi connectivity index (χ0n) is 6.48. The molecule has 2 heteroatoms. The molecule has 0 unspecified atom stereocenters. The lowest BCUT2D eigenvalue weighted by molar-refractivity contribution is 1.50. The van der Waals surface area contributed by atoms with E-state index in [1.165, 1.54) is 18.4 Å². The van der Waals surface area contributed by atoms with E-state index in [9.17, 15) is 0 Å². The van der Waals surface area contributed by atoms with E-state index in [4.69, 9.17) is 23.2 Å². The Labute approximate surface area is 81.8 Å². The lowest BCUT2D eigenvalue weighted by Gasteiger charge is -1.97. The van der Waals surface area contributed by atoms with Crippen molar-refractivity contribution in [3.05, 3.63) is 39.4 Å². The Hall–Kier alpha value is -0.460. The molecule has 0 radical (unpaired) electrons. The molecule has 1 fully saturated rings. The van der Waals surface area contributed by atoms with Gasteiger partial charge in [0.2, 0.25) is 0 Å². The van der Waals surface area contributed by atoms with E-state index in [2.05, 4.69) is 6.08 Å². The van der Waals surface area contributed by atoms with Crippen LogP contribution in [-0.2, 0) is 0 Å². The van der Waals surface area contributed by atoms with Gasteiger partial charge in [0.25, 0.3) is 0 Å². The second-order valence-corrected chi connectivity index (χ2v) is 3.81. The fourth-order valence-corrected chi connectivity index (χ4v) is 1.52. The first-order valence-corrected chi connectivity index (χ1v) is 4.66. The molecule has 12 heavy (non-hydrogen) atoms. The molecule has 0 bridgehead atoms. The Kier molecular flexibility index (Phi) is 2.12. The smallest absolute Gasteiger partial charge is 0.0493 e. The largest absolute Gasteiger partial charge is 0.0843 e. The van der Waals surface area contributed by atoms with Crippen LogP contribution in [0.4, 0.5) is 0 Å². The van der Waals surface area contributed by atoms with E-state index < -0.39 is 0 Å². The predicted molar refractivity (Wildman–Crippen MR) is 53.7 cm³/mol. The van der Waals surface area contributed by atoms with E-state index in [0.717, 1.165) is 10.6 Å². The van der Waals surface area contributed by atoms with Crippen LogP contribution in [0.15, 0.2) is 23.8 Å². The highest BCUT2D eigenvalue weighted by Gasteiger charge is 2.11. The maximum Gasteiger partial charge on any atom is 0.0493 e. The highest BCUT2D eigenvalue weighted by atomic mass is 35.5. The third-order valence-electron chi connectivity index (χ3n) is 1.86. The van der Waals surface area contributed by atoms with Crippen LogP contribution in [0.5, 0.6) is 0 Å². The summed E-state index contributed by atoms with van der Waals surface area (Å²) in [5.41, 5.74) is 2.55. The molecule has 1 aliphatic carbocycles. The summed E-state index contributed by atoms with van der Waals surface area (Å²) >= 11 is 11.7. The van der Waals surface area contributed by atoms with Crippen molar-refractivity contribution in [2.24, 2.45) is 0 Å². The summed E-state index contributed by atoms with van der Waals surface area (Å²) in [6.45, 7) is 0.